The summed E-state index contributed by atoms with van der Waals surface area (Å²) < 4.78 is 0. The number of β-amino-alcohol motifs (C(OH)–C–C–N with tert-alkyl or cyclic N) is 1. The van der Waals surface area contributed by atoms with Gasteiger partial charge in [0.1, 0.15) is 5.15 Å². The van der Waals surface area contributed by atoms with Crippen molar-refractivity contribution in [3.05, 3.63) is 23.2 Å². The zero-order valence-electron chi connectivity index (χ0n) is 9.30. The fourth-order valence-electron chi connectivity index (χ4n) is 1.91. The van der Waals surface area contributed by atoms with E-state index in [1.165, 1.54) is 0 Å². The van der Waals surface area contributed by atoms with Crippen LogP contribution in [0.15, 0.2) is 12.4 Å². The second-order valence-corrected chi connectivity index (χ2v) is 4.79. The van der Waals surface area contributed by atoms with Crippen LogP contribution in [0.3, 0.4) is 0 Å². The van der Waals surface area contributed by atoms with E-state index >= 15 is 0 Å². The minimum atomic E-state index is -0.228. The molecule has 0 aromatic carbocycles. The van der Waals surface area contributed by atoms with Crippen LogP contribution in [0.4, 0.5) is 0 Å². The Morgan fingerprint density at radius 1 is 1.50 bits per heavy atom. The van der Waals surface area contributed by atoms with E-state index in [1.54, 1.807) is 12.4 Å². The highest BCUT2D eigenvalue weighted by Crippen LogP contribution is 2.18. The molecule has 0 bridgehead atoms. The maximum absolute atomic E-state index is 9.77. The van der Waals surface area contributed by atoms with E-state index in [0.717, 1.165) is 25.2 Å². The predicted octanol–water partition coefficient (Wildman–Crippen LogP) is 1.33. The fourth-order valence-corrected chi connectivity index (χ4v) is 2.01. The second-order valence-electron chi connectivity index (χ2n) is 4.40. The van der Waals surface area contributed by atoms with Gasteiger partial charge in [0.2, 0.25) is 0 Å². The van der Waals surface area contributed by atoms with E-state index < -0.39 is 0 Å². The molecule has 5 heteroatoms. The summed E-state index contributed by atoms with van der Waals surface area (Å²) in [5.74, 6) is 0.396. The van der Waals surface area contributed by atoms with Gasteiger partial charge in [-0.15, -0.1) is 0 Å². The van der Waals surface area contributed by atoms with Gasteiger partial charge in [-0.1, -0.05) is 18.5 Å². The summed E-state index contributed by atoms with van der Waals surface area (Å²) in [6.07, 6.45) is 4.04. The molecule has 1 N–H and O–H groups in total. The first-order valence-corrected chi connectivity index (χ1v) is 5.90. The Labute approximate surface area is 100 Å². The van der Waals surface area contributed by atoms with Crippen LogP contribution >= 0.6 is 11.6 Å². The molecule has 1 aliphatic rings. The number of nitrogens with zero attached hydrogens (tertiary/aromatic N) is 3. The van der Waals surface area contributed by atoms with Gasteiger partial charge in [0.25, 0.3) is 0 Å². The topological polar surface area (TPSA) is 49.2 Å². The molecule has 88 valence electrons. The number of aliphatic hydroxyl groups excluding tert-OH is 1. The molecule has 1 fully saturated rings. The molecule has 0 spiro atoms. The highest BCUT2D eigenvalue weighted by molar-refractivity contribution is 6.29. The van der Waals surface area contributed by atoms with Crippen molar-refractivity contribution < 1.29 is 5.11 Å². The number of halogens is 1. The standard InChI is InChI=1S/C11H16ClN3O/c1-8-2-3-15(7-10(8)16)6-9-4-14-11(12)5-13-9/h4-5,8,10,16H,2-3,6-7H2,1H3. The summed E-state index contributed by atoms with van der Waals surface area (Å²) in [4.78, 5) is 10.4. The van der Waals surface area contributed by atoms with Crippen molar-refractivity contribution in [2.45, 2.75) is 26.0 Å². The van der Waals surface area contributed by atoms with Gasteiger partial charge in [0.15, 0.2) is 0 Å². The number of hydrogen-bond donors (Lipinski definition) is 1. The van der Waals surface area contributed by atoms with E-state index in [1.807, 2.05) is 0 Å². The lowest BCUT2D eigenvalue weighted by atomic mass is 9.96. The average Bonchev–Trinajstić information content (AvgIpc) is 2.27. The Kier molecular flexibility index (Phi) is 3.74. The Balaban J connectivity index is 1.93. The quantitative estimate of drug-likeness (QED) is 0.849. The number of hydrogen-bond acceptors (Lipinski definition) is 4. The zero-order valence-corrected chi connectivity index (χ0v) is 10.1. The zero-order chi connectivity index (χ0) is 11.5. The third kappa shape index (κ3) is 2.90. The van der Waals surface area contributed by atoms with Crippen molar-refractivity contribution >= 4 is 11.6 Å². The molecule has 2 unspecified atom stereocenters. The van der Waals surface area contributed by atoms with Crippen LogP contribution in [-0.4, -0.2) is 39.2 Å². The summed E-state index contributed by atoms with van der Waals surface area (Å²) in [6.45, 7) is 4.53. The number of aromatic nitrogens is 2. The smallest absolute Gasteiger partial charge is 0.147 e. The molecule has 0 amide bonds. The van der Waals surface area contributed by atoms with Crippen molar-refractivity contribution in [1.82, 2.24) is 14.9 Å². The molecule has 1 aromatic rings. The molecule has 1 saturated heterocycles. The van der Waals surface area contributed by atoms with Crippen molar-refractivity contribution in [1.29, 1.82) is 0 Å². The maximum atomic E-state index is 9.77. The molecule has 0 radical (unpaired) electrons. The third-order valence-electron chi connectivity index (χ3n) is 3.06. The monoisotopic (exact) mass is 241 g/mol. The van der Waals surface area contributed by atoms with Crippen LogP contribution in [0.2, 0.25) is 5.15 Å². The molecule has 0 saturated carbocycles. The van der Waals surface area contributed by atoms with Gasteiger partial charge in [-0.25, -0.2) is 4.98 Å². The summed E-state index contributed by atoms with van der Waals surface area (Å²) in [5.41, 5.74) is 0.895. The van der Waals surface area contributed by atoms with Gasteiger partial charge < -0.3 is 5.11 Å². The third-order valence-corrected chi connectivity index (χ3v) is 3.26. The highest BCUT2D eigenvalue weighted by atomic mass is 35.5. The van der Waals surface area contributed by atoms with Crippen LogP contribution in [-0.2, 0) is 6.54 Å². The molecule has 4 nitrogen and oxygen atoms in total. The van der Waals surface area contributed by atoms with Gasteiger partial charge in [0.05, 0.1) is 24.2 Å². The SMILES string of the molecule is CC1CCN(Cc2cnc(Cl)cn2)CC1O. The van der Waals surface area contributed by atoms with Crippen molar-refractivity contribution in [3.8, 4) is 0 Å². The molecule has 16 heavy (non-hydrogen) atoms. The Bertz CT molecular complexity index is 344. The van der Waals surface area contributed by atoms with E-state index in [9.17, 15) is 5.11 Å². The van der Waals surface area contributed by atoms with Crippen molar-refractivity contribution in [3.63, 3.8) is 0 Å². The number of aliphatic hydroxyl groups is 1. The summed E-state index contributed by atoms with van der Waals surface area (Å²) in [5, 5.41) is 10.2. The molecule has 0 aliphatic carbocycles. The lowest BCUT2D eigenvalue weighted by Gasteiger charge is -2.33. The molecule has 2 rings (SSSR count). The van der Waals surface area contributed by atoms with Crippen molar-refractivity contribution in [2.75, 3.05) is 13.1 Å². The van der Waals surface area contributed by atoms with Crippen LogP contribution in [0.5, 0.6) is 0 Å². The lowest BCUT2D eigenvalue weighted by molar-refractivity contribution is 0.0254. The predicted molar refractivity (Wildman–Crippen MR) is 62.1 cm³/mol. The Morgan fingerprint density at radius 3 is 2.94 bits per heavy atom. The molecule has 2 atom stereocenters. The van der Waals surface area contributed by atoms with E-state index in [-0.39, 0.29) is 6.10 Å². The Morgan fingerprint density at radius 2 is 2.31 bits per heavy atom. The Hall–Kier alpha value is -0.710. The number of rotatable bonds is 2. The molecule has 1 aliphatic heterocycles. The van der Waals surface area contributed by atoms with Crippen LogP contribution in [0.25, 0.3) is 0 Å². The van der Waals surface area contributed by atoms with Crippen LogP contribution in [0, 0.1) is 5.92 Å². The normalized spacial score (nSPS) is 26.9. The van der Waals surface area contributed by atoms with Gasteiger partial charge in [-0.05, 0) is 18.9 Å². The summed E-state index contributed by atoms with van der Waals surface area (Å²) in [7, 11) is 0. The first-order chi connectivity index (χ1) is 7.65. The van der Waals surface area contributed by atoms with E-state index in [0.29, 0.717) is 17.6 Å². The summed E-state index contributed by atoms with van der Waals surface area (Å²) in [6, 6.07) is 0. The molecule has 1 aromatic heterocycles. The van der Waals surface area contributed by atoms with Crippen LogP contribution in [0.1, 0.15) is 19.0 Å². The molecular formula is C11H16ClN3O. The van der Waals surface area contributed by atoms with Gasteiger partial charge in [0, 0.05) is 13.1 Å². The number of piperidine rings is 1. The first kappa shape index (κ1) is 11.8. The second kappa shape index (κ2) is 5.08. The van der Waals surface area contributed by atoms with E-state index in [2.05, 4.69) is 21.8 Å². The van der Waals surface area contributed by atoms with Crippen LogP contribution < -0.4 is 0 Å². The van der Waals surface area contributed by atoms with Gasteiger partial charge in [-0.2, -0.15) is 0 Å². The maximum Gasteiger partial charge on any atom is 0.147 e. The van der Waals surface area contributed by atoms with E-state index in [4.69, 9.17) is 11.6 Å². The summed E-state index contributed by atoms with van der Waals surface area (Å²) >= 11 is 5.67. The highest BCUT2D eigenvalue weighted by Gasteiger charge is 2.24. The average molecular weight is 242 g/mol. The van der Waals surface area contributed by atoms with Gasteiger partial charge >= 0.3 is 0 Å². The van der Waals surface area contributed by atoms with Crippen molar-refractivity contribution in [2.24, 2.45) is 5.92 Å². The minimum absolute atomic E-state index is 0.228. The largest absolute Gasteiger partial charge is 0.392 e. The minimum Gasteiger partial charge on any atom is -0.392 e. The fraction of sp³-hybridized carbons (Fsp3) is 0.636. The first-order valence-electron chi connectivity index (χ1n) is 5.52. The number of likely N-dealkylation sites (tertiary alicyclic amines) is 1. The lowest BCUT2D eigenvalue weighted by Crippen LogP contribution is -2.42. The molecular weight excluding hydrogens is 226 g/mol. The van der Waals surface area contributed by atoms with Gasteiger partial charge in [-0.3, -0.25) is 9.88 Å². The molecule has 2 heterocycles.